The van der Waals surface area contributed by atoms with Gasteiger partial charge >= 0.3 is 0 Å². The van der Waals surface area contributed by atoms with E-state index in [1.165, 1.54) is 0 Å². The Bertz CT molecular complexity index is 770. The van der Waals surface area contributed by atoms with Crippen LogP contribution < -0.4 is 4.74 Å². The fraction of sp³-hybridized carbons (Fsp3) is 0.467. The van der Waals surface area contributed by atoms with Crippen molar-refractivity contribution in [2.45, 2.75) is 19.0 Å². The molecule has 0 amide bonds. The van der Waals surface area contributed by atoms with Gasteiger partial charge in [-0.15, -0.1) is 0 Å². The molecule has 0 radical (unpaired) electrons. The number of hydrogen-bond donors (Lipinski definition) is 0. The standard InChI is InChI=1S/C15H19N3O4S/c1-18(12-7-8-23(19,20)10-12)9-14-16-15(17-22-14)11-3-5-13(21-2)6-4-11/h3-6,12H,7-10H2,1-2H3/t12-/m0/s1. The van der Waals surface area contributed by atoms with Crippen LogP contribution in [0.1, 0.15) is 12.3 Å². The lowest BCUT2D eigenvalue weighted by molar-refractivity contribution is 0.218. The molecule has 0 spiro atoms. The summed E-state index contributed by atoms with van der Waals surface area (Å²) in [7, 11) is 0.592. The lowest BCUT2D eigenvalue weighted by atomic mass is 10.2. The van der Waals surface area contributed by atoms with Crippen molar-refractivity contribution in [1.82, 2.24) is 15.0 Å². The second kappa shape index (κ2) is 6.29. The Morgan fingerprint density at radius 2 is 2.09 bits per heavy atom. The third kappa shape index (κ3) is 3.70. The van der Waals surface area contributed by atoms with Crippen molar-refractivity contribution in [1.29, 1.82) is 0 Å². The molecule has 0 N–H and O–H groups in total. The van der Waals surface area contributed by atoms with Gasteiger partial charge in [-0.2, -0.15) is 4.98 Å². The molecule has 0 aliphatic carbocycles. The van der Waals surface area contributed by atoms with Gasteiger partial charge < -0.3 is 9.26 Å². The number of sulfone groups is 1. The first-order chi connectivity index (χ1) is 11.0. The van der Waals surface area contributed by atoms with Crippen molar-refractivity contribution >= 4 is 9.84 Å². The quantitative estimate of drug-likeness (QED) is 0.814. The number of nitrogens with zero attached hydrogens (tertiary/aromatic N) is 3. The van der Waals surface area contributed by atoms with Crippen molar-refractivity contribution in [2.24, 2.45) is 0 Å². The predicted molar refractivity (Wildman–Crippen MR) is 84.8 cm³/mol. The zero-order valence-corrected chi connectivity index (χ0v) is 13.9. The molecular weight excluding hydrogens is 318 g/mol. The summed E-state index contributed by atoms with van der Waals surface area (Å²) in [6, 6.07) is 7.40. The molecule has 1 aromatic heterocycles. The van der Waals surface area contributed by atoms with Gasteiger partial charge in [0.15, 0.2) is 9.84 Å². The van der Waals surface area contributed by atoms with E-state index in [9.17, 15) is 8.42 Å². The van der Waals surface area contributed by atoms with Crippen molar-refractivity contribution in [2.75, 3.05) is 25.7 Å². The zero-order chi connectivity index (χ0) is 16.4. The van der Waals surface area contributed by atoms with E-state index >= 15 is 0 Å². The van der Waals surface area contributed by atoms with E-state index in [0.29, 0.717) is 24.7 Å². The second-order valence-electron chi connectivity index (χ2n) is 5.71. The molecule has 2 aromatic rings. The molecule has 3 rings (SSSR count). The van der Waals surface area contributed by atoms with Crippen LogP contribution in [0.5, 0.6) is 5.75 Å². The SMILES string of the molecule is COc1ccc(-c2noc(CN(C)[C@H]3CCS(=O)(=O)C3)n2)cc1. The molecular formula is C15H19N3O4S. The van der Waals surface area contributed by atoms with E-state index in [0.717, 1.165) is 11.3 Å². The van der Waals surface area contributed by atoms with Crippen LogP contribution in [0.15, 0.2) is 28.8 Å². The first kappa shape index (κ1) is 15.9. The molecule has 1 aliphatic heterocycles. The minimum atomic E-state index is -2.90. The van der Waals surface area contributed by atoms with Gasteiger partial charge in [0, 0.05) is 11.6 Å². The topological polar surface area (TPSA) is 85.5 Å². The molecule has 1 fully saturated rings. The fourth-order valence-electron chi connectivity index (χ4n) is 2.64. The van der Waals surface area contributed by atoms with Crippen LogP contribution in [0.3, 0.4) is 0 Å². The van der Waals surface area contributed by atoms with Gasteiger partial charge in [0.1, 0.15) is 5.75 Å². The summed E-state index contributed by atoms with van der Waals surface area (Å²) in [6.07, 6.45) is 0.651. The Balaban J connectivity index is 1.67. The van der Waals surface area contributed by atoms with E-state index in [2.05, 4.69) is 10.1 Å². The predicted octanol–water partition coefficient (Wildman–Crippen LogP) is 1.36. The lowest BCUT2D eigenvalue weighted by Crippen LogP contribution is -2.32. The largest absolute Gasteiger partial charge is 0.497 e. The van der Waals surface area contributed by atoms with E-state index in [4.69, 9.17) is 9.26 Å². The van der Waals surface area contributed by atoms with E-state index in [1.54, 1.807) is 7.11 Å². The number of aromatic nitrogens is 2. The van der Waals surface area contributed by atoms with E-state index < -0.39 is 9.84 Å². The minimum Gasteiger partial charge on any atom is -0.497 e. The van der Waals surface area contributed by atoms with Gasteiger partial charge in [-0.25, -0.2) is 8.42 Å². The van der Waals surface area contributed by atoms with Crippen molar-refractivity contribution in [3.8, 4) is 17.1 Å². The number of hydrogen-bond acceptors (Lipinski definition) is 7. The summed E-state index contributed by atoms with van der Waals surface area (Å²) in [6.45, 7) is 0.434. The van der Waals surface area contributed by atoms with Crippen LogP contribution in [0.25, 0.3) is 11.4 Å². The van der Waals surface area contributed by atoms with Gasteiger partial charge in [0.25, 0.3) is 0 Å². The van der Waals surface area contributed by atoms with Gasteiger partial charge in [0.05, 0.1) is 25.2 Å². The molecule has 2 heterocycles. The molecule has 7 nitrogen and oxygen atoms in total. The summed E-state index contributed by atoms with van der Waals surface area (Å²) in [5, 5.41) is 3.98. The van der Waals surface area contributed by atoms with Gasteiger partial charge in [-0.3, -0.25) is 4.90 Å². The number of ether oxygens (including phenoxy) is 1. The molecule has 0 saturated carbocycles. The monoisotopic (exact) mass is 337 g/mol. The number of rotatable bonds is 5. The molecule has 1 saturated heterocycles. The summed E-state index contributed by atoms with van der Waals surface area (Å²) >= 11 is 0. The maximum Gasteiger partial charge on any atom is 0.241 e. The molecule has 1 aromatic carbocycles. The minimum absolute atomic E-state index is 0.0105. The average molecular weight is 337 g/mol. The van der Waals surface area contributed by atoms with E-state index in [-0.39, 0.29) is 17.5 Å². The van der Waals surface area contributed by atoms with Crippen LogP contribution in [-0.4, -0.2) is 55.2 Å². The van der Waals surface area contributed by atoms with Gasteiger partial charge in [-0.1, -0.05) is 5.16 Å². The highest BCUT2D eigenvalue weighted by Gasteiger charge is 2.31. The molecule has 0 unspecified atom stereocenters. The second-order valence-corrected chi connectivity index (χ2v) is 7.94. The van der Waals surface area contributed by atoms with Crippen LogP contribution in [0, 0.1) is 0 Å². The molecule has 0 bridgehead atoms. The Morgan fingerprint density at radius 1 is 1.35 bits per heavy atom. The summed E-state index contributed by atoms with van der Waals surface area (Å²) < 4.78 is 33.5. The molecule has 8 heteroatoms. The highest BCUT2D eigenvalue weighted by Crippen LogP contribution is 2.21. The van der Waals surface area contributed by atoms with E-state index in [1.807, 2.05) is 36.2 Å². The first-order valence-electron chi connectivity index (χ1n) is 7.34. The maximum atomic E-state index is 11.6. The van der Waals surface area contributed by atoms with Gasteiger partial charge in [0.2, 0.25) is 11.7 Å². The third-order valence-electron chi connectivity index (χ3n) is 4.03. The average Bonchev–Trinajstić information content (AvgIpc) is 3.14. The van der Waals surface area contributed by atoms with Crippen LogP contribution >= 0.6 is 0 Å². The zero-order valence-electron chi connectivity index (χ0n) is 13.1. The molecule has 1 aliphatic rings. The Hall–Kier alpha value is -1.93. The smallest absolute Gasteiger partial charge is 0.241 e. The fourth-order valence-corrected chi connectivity index (χ4v) is 4.45. The van der Waals surface area contributed by atoms with Crippen LogP contribution in [0.2, 0.25) is 0 Å². The number of benzene rings is 1. The van der Waals surface area contributed by atoms with Crippen LogP contribution in [0.4, 0.5) is 0 Å². The maximum absolute atomic E-state index is 11.6. The highest BCUT2D eigenvalue weighted by molar-refractivity contribution is 7.91. The number of methoxy groups -OCH3 is 1. The van der Waals surface area contributed by atoms with Crippen LogP contribution in [-0.2, 0) is 16.4 Å². The third-order valence-corrected chi connectivity index (χ3v) is 5.78. The normalized spacial score (nSPS) is 20.0. The highest BCUT2D eigenvalue weighted by atomic mass is 32.2. The van der Waals surface area contributed by atoms with Crippen molar-refractivity contribution in [3.05, 3.63) is 30.2 Å². The summed E-state index contributed by atoms with van der Waals surface area (Å²) in [5.41, 5.74) is 0.840. The first-order valence-corrected chi connectivity index (χ1v) is 9.16. The Morgan fingerprint density at radius 3 is 2.70 bits per heavy atom. The molecule has 124 valence electrons. The van der Waals surface area contributed by atoms with Crippen molar-refractivity contribution < 1.29 is 17.7 Å². The Labute approximate surface area is 135 Å². The summed E-state index contributed by atoms with van der Waals surface area (Å²) in [5.74, 6) is 2.20. The van der Waals surface area contributed by atoms with Gasteiger partial charge in [-0.05, 0) is 37.7 Å². The van der Waals surface area contributed by atoms with Crippen molar-refractivity contribution in [3.63, 3.8) is 0 Å². The Kier molecular flexibility index (Phi) is 4.36. The summed E-state index contributed by atoms with van der Waals surface area (Å²) in [4.78, 5) is 6.33. The molecule has 23 heavy (non-hydrogen) atoms. The lowest BCUT2D eigenvalue weighted by Gasteiger charge is -2.20. The molecule has 1 atom stereocenters.